The zero-order chi connectivity index (χ0) is 13.5. The molecule has 2 heterocycles. The molecular weight excluding hydrogens is 273 g/mol. The van der Waals surface area contributed by atoms with Gasteiger partial charge in [0.2, 0.25) is 0 Å². The number of halogens is 1. The highest BCUT2D eigenvalue weighted by Crippen LogP contribution is 2.41. The van der Waals surface area contributed by atoms with Crippen molar-refractivity contribution < 1.29 is 4.39 Å². The second kappa shape index (κ2) is 4.38. The molecule has 4 rings (SSSR count). The molecule has 1 N–H and O–H groups in total. The van der Waals surface area contributed by atoms with E-state index in [0.717, 1.165) is 34.2 Å². The predicted octanol–water partition coefficient (Wildman–Crippen LogP) is 3.99. The SMILES string of the molecule is Fc1ccc2c(c1)-c1nc(Nc3ccccn3)sc1C2. The largest absolute Gasteiger partial charge is 0.316 e. The average molecular weight is 283 g/mol. The summed E-state index contributed by atoms with van der Waals surface area (Å²) in [5.41, 5.74) is 2.94. The minimum Gasteiger partial charge on any atom is -0.316 e. The van der Waals surface area contributed by atoms with Crippen LogP contribution in [0.25, 0.3) is 11.3 Å². The van der Waals surface area contributed by atoms with Crippen LogP contribution in [0.15, 0.2) is 42.6 Å². The average Bonchev–Trinajstić information content (AvgIpc) is 2.97. The first-order valence-corrected chi connectivity index (χ1v) is 7.08. The molecule has 0 amide bonds. The Hall–Kier alpha value is -2.27. The smallest absolute Gasteiger partial charge is 0.189 e. The quantitative estimate of drug-likeness (QED) is 0.604. The Kier molecular flexibility index (Phi) is 2.53. The van der Waals surface area contributed by atoms with E-state index >= 15 is 0 Å². The van der Waals surface area contributed by atoms with Crippen LogP contribution in [0.3, 0.4) is 0 Å². The lowest BCUT2D eigenvalue weighted by Gasteiger charge is -2.01. The van der Waals surface area contributed by atoms with E-state index in [2.05, 4.69) is 15.3 Å². The van der Waals surface area contributed by atoms with Crippen molar-refractivity contribution in [3.05, 3.63) is 58.9 Å². The van der Waals surface area contributed by atoms with Crippen LogP contribution in [-0.2, 0) is 6.42 Å². The molecule has 98 valence electrons. The summed E-state index contributed by atoms with van der Waals surface area (Å²) in [4.78, 5) is 9.95. The van der Waals surface area contributed by atoms with Crippen LogP contribution in [0, 0.1) is 5.82 Å². The van der Waals surface area contributed by atoms with Gasteiger partial charge in [0, 0.05) is 23.1 Å². The van der Waals surface area contributed by atoms with Crippen molar-refractivity contribution in [1.82, 2.24) is 9.97 Å². The van der Waals surface area contributed by atoms with Gasteiger partial charge < -0.3 is 5.32 Å². The normalized spacial score (nSPS) is 12.1. The van der Waals surface area contributed by atoms with Gasteiger partial charge in [0.1, 0.15) is 11.6 Å². The standard InChI is InChI=1S/C15H10FN3S/c16-10-5-4-9-7-12-14(11(9)8-10)19-15(20-12)18-13-3-1-2-6-17-13/h1-6,8H,7H2,(H,17,18,19). The van der Waals surface area contributed by atoms with Crippen LogP contribution >= 0.6 is 11.3 Å². The van der Waals surface area contributed by atoms with E-state index in [1.807, 2.05) is 24.3 Å². The van der Waals surface area contributed by atoms with E-state index in [0.29, 0.717) is 0 Å². The highest BCUT2D eigenvalue weighted by Gasteiger charge is 2.23. The van der Waals surface area contributed by atoms with Crippen molar-refractivity contribution in [2.75, 3.05) is 5.32 Å². The molecule has 0 unspecified atom stereocenters. The van der Waals surface area contributed by atoms with Crippen LogP contribution in [0.4, 0.5) is 15.3 Å². The lowest BCUT2D eigenvalue weighted by molar-refractivity contribution is 0.628. The molecular formula is C15H10FN3S. The van der Waals surface area contributed by atoms with Crippen LogP contribution in [0.2, 0.25) is 0 Å². The summed E-state index contributed by atoms with van der Waals surface area (Å²) in [6.07, 6.45) is 2.56. The summed E-state index contributed by atoms with van der Waals surface area (Å²) in [6.45, 7) is 0. The van der Waals surface area contributed by atoms with Crippen LogP contribution < -0.4 is 5.32 Å². The van der Waals surface area contributed by atoms with Gasteiger partial charge in [-0.15, -0.1) is 11.3 Å². The summed E-state index contributed by atoms with van der Waals surface area (Å²) in [5.74, 6) is 0.545. The van der Waals surface area contributed by atoms with Gasteiger partial charge in [0.05, 0.1) is 5.69 Å². The van der Waals surface area contributed by atoms with Crippen LogP contribution in [0.5, 0.6) is 0 Å². The molecule has 5 heteroatoms. The molecule has 0 fully saturated rings. The minimum atomic E-state index is -0.219. The maximum absolute atomic E-state index is 13.4. The molecule has 20 heavy (non-hydrogen) atoms. The van der Waals surface area contributed by atoms with Crippen molar-refractivity contribution >= 4 is 22.3 Å². The summed E-state index contributed by atoms with van der Waals surface area (Å²) in [7, 11) is 0. The van der Waals surface area contributed by atoms with Gasteiger partial charge in [-0.1, -0.05) is 12.1 Å². The van der Waals surface area contributed by atoms with Crippen molar-refractivity contribution in [2.24, 2.45) is 0 Å². The number of nitrogens with one attached hydrogen (secondary N) is 1. The first-order chi connectivity index (χ1) is 9.79. The number of pyridine rings is 1. The second-order valence-corrected chi connectivity index (χ2v) is 5.69. The highest BCUT2D eigenvalue weighted by atomic mass is 32.1. The van der Waals surface area contributed by atoms with E-state index in [1.165, 1.54) is 10.9 Å². The van der Waals surface area contributed by atoms with Crippen molar-refractivity contribution in [1.29, 1.82) is 0 Å². The zero-order valence-corrected chi connectivity index (χ0v) is 11.2. The van der Waals surface area contributed by atoms with Gasteiger partial charge in [-0.25, -0.2) is 14.4 Å². The Labute approximate surface area is 119 Å². The molecule has 1 aliphatic rings. The Morgan fingerprint density at radius 1 is 1.20 bits per heavy atom. The van der Waals surface area contributed by atoms with Crippen molar-refractivity contribution in [2.45, 2.75) is 6.42 Å². The lowest BCUT2D eigenvalue weighted by atomic mass is 10.1. The molecule has 1 aliphatic carbocycles. The van der Waals surface area contributed by atoms with E-state index in [9.17, 15) is 4.39 Å². The fraction of sp³-hybridized carbons (Fsp3) is 0.0667. The number of anilines is 2. The fourth-order valence-corrected chi connectivity index (χ4v) is 3.38. The molecule has 2 aromatic heterocycles. The first-order valence-electron chi connectivity index (χ1n) is 6.26. The number of nitrogens with zero attached hydrogens (tertiary/aromatic N) is 2. The molecule has 3 nitrogen and oxygen atoms in total. The van der Waals surface area contributed by atoms with E-state index in [4.69, 9.17) is 0 Å². The van der Waals surface area contributed by atoms with E-state index < -0.39 is 0 Å². The number of benzene rings is 1. The fourth-order valence-electron chi connectivity index (χ4n) is 2.38. The van der Waals surface area contributed by atoms with Gasteiger partial charge in [0.15, 0.2) is 5.13 Å². The molecule has 0 spiro atoms. The lowest BCUT2D eigenvalue weighted by Crippen LogP contribution is -1.92. The van der Waals surface area contributed by atoms with Crippen LogP contribution in [0.1, 0.15) is 10.4 Å². The third-order valence-corrected chi connectivity index (χ3v) is 4.25. The molecule has 0 saturated heterocycles. The Morgan fingerprint density at radius 2 is 2.15 bits per heavy atom. The van der Waals surface area contributed by atoms with Gasteiger partial charge in [-0.3, -0.25) is 0 Å². The van der Waals surface area contributed by atoms with E-state index in [-0.39, 0.29) is 5.82 Å². The van der Waals surface area contributed by atoms with Crippen LogP contribution in [-0.4, -0.2) is 9.97 Å². The molecule has 0 saturated carbocycles. The van der Waals surface area contributed by atoms with Crippen molar-refractivity contribution in [3.63, 3.8) is 0 Å². The third-order valence-electron chi connectivity index (χ3n) is 3.28. The van der Waals surface area contributed by atoms with E-state index in [1.54, 1.807) is 23.6 Å². The third kappa shape index (κ3) is 1.87. The molecule has 1 aromatic carbocycles. The van der Waals surface area contributed by atoms with Gasteiger partial charge in [-0.2, -0.15) is 0 Å². The van der Waals surface area contributed by atoms with Gasteiger partial charge in [-0.05, 0) is 29.8 Å². The van der Waals surface area contributed by atoms with Crippen molar-refractivity contribution in [3.8, 4) is 11.3 Å². The molecule has 0 radical (unpaired) electrons. The maximum atomic E-state index is 13.4. The molecule has 0 aliphatic heterocycles. The number of hydrogen-bond acceptors (Lipinski definition) is 4. The number of fused-ring (bicyclic) bond motifs is 3. The molecule has 0 bridgehead atoms. The minimum absolute atomic E-state index is 0.219. The van der Waals surface area contributed by atoms with Gasteiger partial charge >= 0.3 is 0 Å². The Balaban J connectivity index is 1.70. The zero-order valence-electron chi connectivity index (χ0n) is 10.4. The van der Waals surface area contributed by atoms with Gasteiger partial charge in [0.25, 0.3) is 0 Å². The Bertz CT molecular complexity index is 783. The number of rotatable bonds is 2. The molecule has 0 atom stereocenters. The summed E-state index contributed by atoms with van der Waals surface area (Å²) < 4.78 is 13.4. The summed E-state index contributed by atoms with van der Waals surface area (Å²) in [5, 5.41) is 3.98. The molecule has 3 aromatic rings. The maximum Gasteiger partial charge on any atom is 0.189 e. The number of aromatic nitrogens is 2. The summed E-state index contributed by atoms with van der Waals surface area (Å²) >= 11 is 1.59. The second-order valence-electron chi connectivity index (χ2n) is 4.61. The highest BCUT2D eigenvalue weighted by molar-refractivity contribution is 7.16. The predicted molar refractivity (Wildman–Crippen MR) is 77.8 cm³/mol. The number of hydrogen-bond donors (Lipinski definition) is 1. The first kappa shape index (κ1) is 11.5. The topological polar surface area (TPSA) is 37.8 Å². The summed E-state index contributed by atoms with van der Waals surface area (Å²) in [6, 6.07) is 10.6. The number of thiazole rings is 1. The monoisotopic (exact) mass is 283 g/mol. The Morgan fingerprint density at radius 3 is 3.00 bits per heavy atom.